The average Bonchev–Trinajstić information content (AvgIpc) is 2.83. The third-order valence-electron chi connectivity index (χ3n) is 3.36. The summed E-state index contributed by atoms with van der Waals surface area (Å²) in [4.78, 5) is 4.50. The van der Waals surface area contributed by atoms with Crippen molar-refractivity contribution in [3.8, 4) is 5.69 Å². The summed E-state index contributed by atoms with van der Waals surface area (Å²) in [6, 6.07) is 6.12. The number of aromatic nitrogens is 2. The Morgan fingerprint density at radius 1 is 1.35 bits per heavy atom. The van der Waals surface area contributed by atoms with Gasteiger partial charge in [-0.2, -0.15) is 0 Å². The van der Waals surface area contributed by atoms with E-state index in [-0.39, 0.29) is 0 Å². The smallest absolute Gasteiger partial charge is 0.0963 e. The molecule has 0 aliphatic heterocycles. The maximum atomic E-state index is 10.0. The Hall–Kier alpha value is -1.61. The Bertz CT molecular complexity index is 531. The minimum Gasteiger partial charge on any atom is -0.387 e. The van der Waals surface area contributed by atoms with Crippen LogP contribution in [0.5, 0.6) is 0 Å². The molecule has 1 unspecified atom stereocenters. The van der Waals surface area contributed by atoms with Gasteiger partial charge in [0, 0.05) is 23.7 Å². The highest BCUT2D eigenvalue weighted by Gasteiger charge is 2.22. The molecule has 2 heterocycles. The molecule has 0 aromatic carbocycles. The number of aliphatic hydroxyl groups is 1. The van der Waals surface area contributed by atoms with Gasteiger partial charge >= 0.3 is 0 Å². The zero-order valence-electron chi connectivity index (χ0n) is 9.93. The summed E-state index contributed by atoms with van der Waals surface area (Å²) < 4.78 is 2.10. The summed E-state index contributed by atoms with van der Waals surface area (Å²) >= 11 is 0. The maximum absolute atomic E-state index is 10.0. The number of fused-ring (bicyclic) bond motifs is 1. The van der Waals surface area contributed by atoms with E-state index in [1.807, 2.05) is 31.5 Å². The normalized spacial score (nSPS) is 19.1. The fourth-order valence-electron chi connectivity index (χ4n) is 2.57. The van der Waals surface area contributed by atoms with Crippen molar-refractivity contribution in [2.45, 2.75) is 32.3 Å². The third-order valence-corrected chi connectivity index (χ3v) is 3.36. The molecule has 17 heavy (non-hydrogen) atoms. The molecule has 0 spiro atoms. The molecule has 1 N–H and O–H groups in total. The lowest BCUT2D eigenvalue weighted by atomic mass is 9.92. The summed E-state index contributed by atoms with van der Waals surface area (Å²) in [7, 11) is 0. The molecule has 0 amide bonds. The van der Waals surface area contributed by atoms with Crippen molar-refractivity contribution in [1.29, 1.82) is 0 Å². The molecule has 0 saturated carbocycles. The monoisotopic (exact) mass is 228 g/mol. The van der Waals surface area contributed by atoms with Gasteiger partial charge in [-0.05, 0) is 44.4 Å². The van der Waals surface area contributed by atoms with Crippen molar-refractivity contribution in [3.05, 3.63) is 47.5 Å². The van der Waals surface area contributed by atoms with Gasteiger partial charge in [-0.15, -0.1) is 0 Å². The van der Waals surface area contributed by atoms with Crippen LogP contribution in [0.1, 0.15) is 35.9 Å². The minimum absolute atomic E-state index is 0.395. The number of rotatable bonds is 1. The topological polar surface area (TPSA) is 38.0 Å². The molecule has 88 valence electrons. The van der Waals surface area contributed by atoms with Crippen LogP contribution in [0, 0.1) is 6.92 Å². The molecule has 0 fully saturated rings. The van der Waals surface area contributed by atoms with Gasteiger partial charge < -0.3 is 9.67 Å². The summed E-state index contributed by atoms with van der Waals surface area (Å²) in [5.41, 5.74) is 4.20. The second-order valence-corrected chi connectivity index (χ2v) is 4.64. The molecule has 1 aliphatic rings. The standard InChI is InChI=1S/C14H16N2O/c1-10-9-12(16-7-2-3-8-16)11-5-4-6-13(17)14(11)15-10/h2-3,7-9,13,17H,4-6H2,1H3. The highest BCUT2D eigenvalue weighted by atomic mass is 16.3. The van der Waals surface area contributed by atoms with Gasteiger partial charge in [0.15, 0.2) is 0 Å². The fraction of sp³-hybridized carbons (Fsp3) is 0.357. The van der Waals surface area contributed by atoms with Gasteiger partial charge in [-0.1, -0.05) is 0 Å². The molecule has 2 aromatic heterocycles. The lowest BCUT2D eigenvalue weighted by molar-refractivity contribution is 0.151. The minimum atomic E-state index is -0.395. The van der Waals surface area contributed by atoms with Gasteiger partial charge in [0.25, 0.3) is 0 Å². The predicted molar refractivity (Wildman–Crippen MR) is 66.2 cm³/mol. The SMILES string of the molecule is Cc1cc(-n2cccc2)c2c(n1)C(O)CCC2. The Morgan fingerprint density at radius 3 is 2.88 bits per heavy atom. The van der Waals surface area contributed by atoms with Gasteiger partial charge in [0.2, 0.25) is 0 Å². The van der Waals surface area contributed by atoms with E-state index in [2.05, 4.69) is 15.6 Å². The predicted octanol–water partition coefficient (Wildman–Crippen LogP) is 2.55. The van der Waals surface area contributed by atoms with Crippen LogP contribution in [-0.4, -0.2) is 14.7 Å². The molecular formula is C14H16N2O. The molecule has 0 saturated heterocycles. The number of aryl methyl sites for hydroxylation is 1. The molecule has 1 atom stereocenters. The lowest BCUT2D eigenvalue weighted by Crippen LogP contribution is -2.15. The summed E-state index contributed by atoms with van der Waals surface area (Å²) in [6.45, 7) is 1.98. The van der Waals surface area contributed by atoms with E-state index >= 15 is 0 Å². The molecule has 3 rings (SSSR count). The van der Waals surface area contributed by atoms with E-state index in [0.29, 0.717) is 0 Å². The molecule has 3 nitrogen and oxygen atoms in total. The van der Waals surface area contributed by atoms with Crippen molar-refractivity contribution in [2.75, 3.05) is 0 Å². The zero-order chi connectivity index (χ0) is 11.8. The Labute approximate surface area is 101 Å². The van der Waals surface area contributed by atoms with Gasteiger partial charge in [-0.3, -0.25) is 4.98 Å². The number of pyridine rings is 1. The van der Waals surface area contributed by atoms with Gasteiger partial charge in [-0.25, -0.2) is 0 Å². The average molecular weight is 228 g/mol. The van der Waals surface area contributed by atoms with Crippen molar-refractivity contribution in [2.24, 2.45) is 0 Å². The molecule has 0 bridgehead atoms. The summed E-state index contributed by atoms with van der Waals surface area (Å²) in [5.74, 6) is 0. The van der Waals surface area contributed by atoms with E-state index in [4.69, 9.17) is 0 Å². The number of aliphatic hydroxyl groups excluding tert-OH is 1. The second kappa shape index (κ2) is 4.00. The first-order chi connectivity index (χ1) is 8.25. The van der Waals surface area contributed by atoms with Gasteiger partial charge in [0.05, 0.1) is 17.5 Å². The Kier molecular flexibility index (Phi) is 2.48. The van der Waals surface area contributed by atoms with E-state index in [1.54, 1.807) is 0 Å². The van der Waals surface area contributed by atoms with Crippen LogP contribution < -0.4 is 0 Å². The highest BCUT2D eigenvalue weighted by Crippen LogP contribution is 2.32. The zero-order valence-corrected chi connectivity index (χ0v) is 9.93. The van der Waals surface area contributed by atoms with Crippen molar-refractivity contribution in [1.82, 2.24) is 9.55 Å². The van der Waals surface area contributed by atoms with Crippen molar-refractivity contribution < 1.29 is 5.11 Å². The van der Waals surface area contributed by atoms with Crippen LogP contribution in [-0.2, 0) is 6.42 Å². The third kappa shape index (κ3) is 1.76. The largest absolute Gasteiger partial charge is 0.387 e. The van der Waals surface area contributed by atoms with Crippen molar-refractivity contribution >= 4 is 0 Å². The molecular weight excluding hydrogens is 212 g/mol. The Balaban J connectivity index is 2.21. The quantitative estimate of drug-likeness (QED) is 0.814. The molecule has 1 aliphatic carbocycles. The lowest BCUT2D eigenvalue weighted by Gasteiger charge is -2.23. The van der Waals surface area contributed by atoms with Crippen LogP contribution in [0.2, 0.25) is 0 Å². The number of hydrogen-bond acceptors (Lipinski definition) is 2. The van der Waals surface area contributed by atoms with Crippen LogP contribution in [0.4, 0.5) is 0 Å². The van der Waals surface area contributed by atoms with Crippen LogP contribution in [0.15, 0.2) is 30.6 Å². The molecule has 0 radical (unpaired) electrons. The van der Waals surface area contributed by atoms with Crippen LogP contribution in [0.25, 0.3) is 5.69 Å². The first-order valence-corrected chi connectivity index (χ1v) is 6.07. The van der Waals surface area contributed by atoms with Crippen LogP contribution >= 0.6 is 0 Å². The van der Waals surface area contributed by atoms with Gasteiger partial charge in [0.1, 0.15) is 0 Å². The molecule has 2 aromatic rings. The first kappa shape index (κ1) is 10.5. The summed E-state index contributed by atoms with van der Waals surface area (Å²) in [5, 5.41) is 10.0. The highest BCUT2D eigenvalue weighted by molar-refractivity contribution is 5.47. The van der Waals surface area contributed by atoms with E-state index in [0.717, 1.165) is 36.3 Å². The number of nitrogens with zero attached hydrogens (tertiary/aromatic N) is 2. The van der Waals surface area contributed by atoms with Crippen molar-refractivity contribution in [3.63, 3.8) is 0 Å². The Morgan fingerprint density at radius 2 is 2.12 bits per heavy atom. The molecule has 3 heteroatoms. The van der Waals surface area contributed by atoms with E-state index in [1.165, 1.54) is 5.56 Å². The van der Waals surface area contributed by atoms with E-state index in [9.17, 15) is 5.11 Å². The second-order valence-electron chi connectivity index (χ2n) is 4.64. The first-order valence-electron chi connectivity index (χ1n) is 6.07. The fourth-order valence-corrected chi connectivity index (χ4v) is 2.57. The maximum Gasteiger partial charge on any atom is 0.0963 e. The number of hydrogen-bond donors (Lipinski definition) is 1. The van der Waals surface area contributed by atoms with Crippen LogP contribution in [0.3, 0.4) is 0 Å². The summed E-state index contributed by atoms with van der Waals surface area (Å²) in [6.07, 6.45) is 6.55. The van der Waals surface area contributed by atoms with E-state index < -0.39 is 6.10 Å².